The maximum atomic E-state index is 13.8. The topological polar surface area (TPSA) is 208 Å². The van der Waals surface area contributed by atoms with E-state index in [0.717, 1.165) is 0 Å². The smallest absolute Gasteiger partial charge is 0.322 e. The summed E-state index contributed by atoms with van der Waals surface area (Å²) in [4.78, 5) is 51.1. The summed E-state index contributed by atoms with van der Waals surface area (Å²) in [5.41, 5.74) is 14.2. The minimum Gasteiger partial charge on any atom is -0.463 e. The third kappa shape index (κ3) is 12.2. The van der Waals surface area contributed by atoms with E-state index < -0.39 is 61.0 Å². The predicted octanol–water partition coefficient (Wildman–Crippen LogP) is 6.71. The fraction of sp³-hybridized carbons (Fsp3) is 0.385. The molecule has 2 N–H and O–H groups in total. The van der Waals surface area contributed by atoms with E-state index in [9.17, 15) is 36.7 Å². The van der Waals surface area contributed by atoms with Gasteiger partial charge in [0.2, 0.25) is 0 Å². The molecule has 0 bridgehead atoms. The third-order valence-electron chi connectivity index (χ3n) is 5.11. The first-order chi connectivity index (χ1) is 21.4. The van der Waals surface area contributed by atoms with Crippen molar-refractivity contribution in [1.82, 2.24) is 10.6 Å². The maximum Gasteiger partial charge on any atom is 0.322 e. The van der Waals surface area contributed by atoms with Crippen molar-refractivity contribution < 1.29 is 46.2 Å². The van der Waals surface area contributed by atoms with Crippen LogP contribution >= 0.6 is 31.9 Å². The molecule has 46 heavy (non-hydrogen) atoms. The number of alkyl halides is 2. The molecule has 248 valence electrons. The van der Waals surface area contributed by atoms with Crippen LogP contribution in [0, 0.1) is 23.3 Å². The Hall–Kier alpha value is -4.38. The highest BCUT2D eigenvalue weighted by Crippen LogP contribution is 2.30. The number of rotatable bonds is 12. The molecule has 0 aromatic heterocycles. The Morgan fingerprint density at radius 3 is 1.54 bits per heavy atom. The van der Waals surface area contributed by atoms with Crippen molar-refractivity contribution in [2.75, 3.05) is 26.3 Å². The van der Waals surface area contributed by atoms with Gasteiger partial charge in [-0.15, -0.1) is 0 Å². The van der Waals surface area contributed by atoms with E-state index in [4.69, 9.17) is 20.5 Å². The molecule has 2 rings (SSSR count). The Morgan fingerprint density at radius 1 is 0.739 bits per heavy atom. The van der Waals surface area contributed by atoms with Crippen LogP contribution in [-0.2, 0) is 19.1 Å². The molecule has 0 radical (unpaired) electrons. The zero-order valence-electron chi connectivity index (χ0n) is 24.5. The molecule has 2 amide bonds. The molecule has 0 fully saturated rings. The number of nitrogens with one attached hydrogen (secondary N) is 2. The number of carbonyl (C=O) groups excluding carboxylic acids is 4. The monoisotopic (exact) mass is 780 g/mol. The van der Waals surface area contributed by atoms with Gasteiger partial charge in [-0.1, -0.05) is 54.2 Å². The van der Waals surface area contributed by atoms with Crippen LogP contribution in [0.1, 0.15) is 48.4 Å². The Balaban J connectivity index is 0.000000467. The third-order valence-corrected chi connectivity index (χ3v) is 5.76. The lowest BCUT2D eigenvalue weighted by molar-refractivity contribution is -0.146. The van der Waals surface area contributed by atoms with Crippen molar-refractivity contribution in [3.05, 3.63) is 79.5 Å². The minimum absolute atomic E-state index is 0.0937. The average Bonchev–Trinajstić information content (AvgIpc) is 2.98. The molecule has 0 spiro atoms. The lowest BCUT2D eigenvalue weighted by Crippen LogP contribution is -2.33. The van der Waals surface area contributed by atoms with E-state index in [1.807, 2.05) is 10.2 Å². The number of esters is 2. The van der Waals surface area contributed by atoms with Crippen molar-refractivity contribution in [2.24, 2.45) is 10.2 Å². The molecule has 0 saturated heterocycles. The number of benzene rings is 2. The molecule has 0 saturated carbocycles. The van der Waals surface area contributed by atoms with Crippen LogP contribution in [0.2, 0.25) is 0 Å². The summed E-state index contributed by atoms with van der Waals surface area (Å²) in [7, 11) is 0. The summed E-state index contributed by atoms with van der Waals surface area (Å²) < 4.78 is 62.7. The molecular weight excluding hydrogens is 756 g/mol. The second-order valence-corrected chi connectivity index (χ2v) is 13.6. The largest absolute Gasteiger partial charge is 0.463 e. The van der Waals surface area contributed by atoms with Gasteiger partial charge in [0.1, 0.15) is 33.1 Å². The molecule has 14 nitrogen and oxygen atoms in total. The fourth-order valence-corrected chi connectivity index (χ4v) is 3.06. The summed E-state index contributed by atoms with van der Waals surface area (Å²) in [6.45, 7) is 5.98. The highest BCUT2D eigenvalue weighted by molar-refractivity contribution is 9.10. The minimum atomic E-state index is -2.02. The van der Waals surface area contributed by atoms with Crippen LogP contribution in [0.4, 0.5) is 28.9 Å². The molecule has 0 aliphatic rings. The van der Waals surface area contributed by atoms with Crippen LogP contribution in [-0.4, -0.2) is 58.7 Å². The van der Waals surface area contributed by atoms with Crippen molar-refractivity contribution in [1.29, 1.82) is 0 Å². The van der Waals surface area contributed by atoms with E-state index in [2.05, 4.69) is 52.3 Å². The molecule has 0 atom stereocenters. The molecule has 0 aliphatic carbocycles. The summed E-state index contributed by atoms with van der Waals surface area (Å²) in [6.07, 6.45) is 0. The fourth-order valence-electron chi connectivity index (χ4n) is 2.83. The maximum absolute atomic E-state index is 13.8. The zero-order valence-corrected chi connectivity index (χ0v) is 27.7. The molecule has 2 aromatic rings. The Kier molecular flexibility index (Phi) is 15.5. The van der Waals surface area contributed by atoms with Crippen LogP contribution < -0.4 is 10.6 Å². The molecule has 0 unspecified atom stereocenters. The molecule has 0 heterocycles. The number of carbonyl (C=O) groups is 4. The number of nitrogens with zero attached hydrogens (tertiary/aromatic N) is 6. The van der Waals surface area contributed by atoms with Crippen molar-refractivity contribution in [3.63, 3.8) is 0 Å². The first-order valence-electron chi connectivity index (χ1n) is 12.7. The van der Waals surface area contributed by atoms with Crippen LogP contribution in [0.25, 0.3) is 20.9 Å². The van der Waals surface area contributed by atoms with Gasteiger partial charge in [-0.25, -0.2) is 17.6 Å². The highest BCUT2D eigenvalue weighted by atomic mass is 79.9. The van der Waals surface area contributed by atoms with Gasteiger partial charge < -0.3 is 20.1 Å². The lowest BCUT2D eigenvalue weighted by Gasteiger charge is -2.15. The predicted molar refractivity (Wildman–Crippen MR) is 163 cm³/mol. The average molecular weight is 782 g/mol. The quantitative estimate of drug-likeness (QED) is 0.0349. The molecular formula is C26H26Br2F4N8O6. The highest BCUT2D eigenvalue weighted by Gasteiger charge is 2.29. The number of halogens is 6. The first-order valence-corrected chi connectivity index (χ1v) is 14.3. The summed E-state index contributed by atoms with van der Waals surface area (Å²) in [5.74, 6) is -10.9. The number of amides is 2. The van der Waals surface area contributed by atoms with Gasteiger partial charge in [0.25, 0.3) is 11.8 Å². The Bertz CT molecular complexity index is 1520. The van der Waals surface area contributed by atoms with Gasteiger partial charge >= 0.3 is 11.9 Å². The SMILES string of the molecule is CC(C)(Br)C(=O)OCCNC(=O)c1c(F)c(F)c(N=[N+]=[N-])c(F)c1F.CC(C)(Br)C(=O)OCCNC(=O)c1ccc(N=[N+]=[N-])cc1. The summed E-state index contributed by atoms with van der Waals surface area (Å²) in [6, 6.07) is 6.18. The van der Waals surface area contributed by atoms with Gasteiger partial charge in [0.15, 0.2) is 23.3 Å². The Labute approximate surface area is 275 Å². The van der Waals surface area contributed by atoms with Crippen molar-refractivity contribution >= 4 is 67.0 Å². The van der Waals surface area contributed by atoms with E-state index in [1.165, 1.54) is 13.8 Å². The summed E-state index contributed by atoms with van der Waals surface area (Å²) >= 11 is 6.22. The van der Waals surface area contributed by atoms with Gasteiger partial charge in [0, 0.05) is 21.1 Å². The van der Waals surface area contributed by atoms with Crippen LogP contribution in [0.15, 0.2) is 34.5 Å². The lowest BCUT2D eigenvalue weighted by atomic mass is 10.1. The van der Waals surface area contributed by atoms with Crippen molar-refractivity contribution in [3.8, 4) is 0 Å². The van der Waals surface area contributed by atoms with Gasteiger partial charge in [-0.3, -0.25) is 19.2 Å². The number of ether oxygens (including phenoxy) is 2. The summed E-state index contributed by atoms with van der Waals surface area (Å²) in [5, 5.41) is 10.5. The van der Waals surface area contributed by atoms with Gasteiger partial charge in [0.05, 0.1) is 13.1 Å². The second-order valence-electron chi connectivity index (χ2n) is 9.63. The van der Waals surface area contributed by atoms with Gasteiger partial charge in [-0.05, 0) is 50.9 Å². The van der Waals surface area contributed by atoms with Crippen LogP contribution in [0.5, 0.6) is 0 Å². The van der Waals surface area contributed by atoms with E-state index in [-0.39, 0.29) is 32.2 Å². The standard InChI is InChI=1S/C13H11BrF4N4O3.C13H15BrN4O3/c1-13(2,14)12(24)25-4-3-20-11(23)5-6(15)8(17)10(21-22-19)9(18)7(5)16;1-13(2,14)12(20)21-8-7-16-11(19)9-3-5-10(6-4-9)17-18-15/h3-4H2,1-2H3,(H,20,23);3-6H,7-8H2,1-2H3,(H,16,19). The number of hydrogen-bond donors (Lipinski definition) is 2. The molecule has 0 aliphatic heterocycles. The first kappa shape index (κ1) is 39.6. The van der Waals surface area contributed by atoms with Gasteiger partial charge in [-0.2, -0.15) is 0 Å². The number of azide groups is 2. The van der Waals surface area contributed by atoms with Crippen LogP contribution in [0.3, 0.4) is 0 Å². The van der Waals surface area contributed by atoms with E-state index in [1.54, 1.807) is 38.1 Å². The Morgan fingerprint density at radius 2 is 1.15 bits per heavy atom. The van der Waals surface area contributed by atoms with Crippen molar-refractivity contribution in [2.45, 2.75) is 36.3 Å². The normalized spacial score (nSPS) is 10.7. The second kappa shape index (κ2) is 17.9. The molecule has 20 heteroatoms. The van der Waals surface area contributed by atoms with E-state index >= 15 is 0 Å². The number of hydrogen-bond acceptors (Lipinski definition) is 8. The zero-order chi connectivity index (χ0) is 35.2. The van der Waals surface area contributed by atoms with E-state index in [0.29, 0.717) is 11.3 Å². The molecule has 2 aromatic carbocycles.